The highest BCUT2D eigenvalue weighted by Crippen LogP contribution is 2.36. The Balaban J connectivity index is 1.95. The van der Waals surface area contributed by atoms with Crippen LogP contribution in [-0.4, -0.2) is 31.1 Å². The highest BCUT2D eigenvalue weighted by atomic mass is 16.5. The fraction of sp³-hybridized carbons (Fsp3) is 0.615. The van der Waals surface area contributed by atoms with Gasteiger partial charge in [0.1, 0.15) is 0 Å². The molecule has 0 N–H and O–H groups in total. The smallest absolute Gasteiger partial charge is 0.307 e. The molecule has 0 radical (unpaired) electrons. The number of ether oxygens (including phenoxy) is 1. The molecule has 2 atom stereocenters. The first-order chi connectivity index (χ1) is 7.72. The minimum Gasteiger partial charge on any atom is -0.469 e. The topological polar surface area (TPSA) is 29.5 Å². The van der Waals surface area contributed by atoms with Gasteiger partial charge in [0.05, 0.1) is 13.5 Å². The van der Waals surface area contributed by atoms with Gasteiger partial charge in [0, 0.05) is 24.7 Å². The summed E-state index contributed by atoms with van der Waals surface area (Å²) in [5.74, 6) is 1.16. The van der Waals surface area contributed by atoms with Gasteiger partial charge in [-0.2, -0.15) is 0 Å². The van der Waals surface area contributed by atoms with Crippen LogP contribution in [0.4, 0.5) is 0 Å². The van der Waals surface area contributed by atoms with Gasteiger partial charge in [0.15, 0.2) is 0 Å². The summed E-state index contributed by atoms with van der Waals surface area (Å²) in [6, 6.07) is 0. The number of nitrogens with zero attached hydrogens (tertiary/aromatic N) is 1. The summed E-state index contributed by atoms with van der Waals surface area (Å²) >= 11 is 0. The van der Waals surface area contributed by atoms with Gasteiger partial charge in [0.2, 0.25) is 0 Å². The molecule has 0 bridgehead atoms. The van der Waals surface area contributed by atoms with Crippen molar-refractivity contribution >= 4 is 5.97 Å². The van der Waals surface area contributed by atoms with Gasteiger partial charge < -0.3 is 9.64 Å². The maximum absolute atomic E-state index is 11.1. The quantitative estimate of drug-likeness (QED) is 0.682. The first-order valence-electron chi connectivity index (χ1n) is 5.92. The normalized spacial score (nSPS) is 27.6. The molecule has 2 aliphatic rings. The zero-order valence-electron chi connectivity index (χ0n) is 9.98. The molecule has 0 amide bonds. The standard InChI is InChI=1S/C13H19NO2/c1-10-4-3-5-12-11(10)6-8-14(12)9-7-13(15)16-2/h3-5,10-11H,6-9H2,1-2H3. The lowest BCUT2D eigenvalue weighted by Gasteiger charge is -2.26. The van der Waals surface area contributed by atoms with Crippen LogP contribution >= 0.6 is 0 Å². The van der Waals surface area contributed by atoms with E-state index in [0.717, 1.165) is 13.1 Å². The predicted octanol–water partition coefficient (Wildman–Crippen LogP) is 1.96. The van der Waals surface area contributed by atoms with Crippen LogP contribution in [0.2, 0.25) is 0 Å². The first-order valence-corrected chi connectivity index (χ1v) is 5.92. The fourth-order valence-corrected chi connectivity index (χ4v) is 2.60. The second kappa shape index (κ2) is 4.73. The summed E-state index contributed by atoms with van der Waals surface area (Å²) in [5, 5.41) is 0. The molecule has 2 unspecified atom stereocenters. The maximum Gasteiger partial charge on any atom is 0.307 e. The van der Waals surface area contributed by atoms with Crippen molar-refractivity contribution in [3.63, 3.8) is 0 Å². The SMILES string of the molecule is COC(=O)CCN1CCC2C1=CC=CC2C. The molecule has 0 aromatic carbocycles. The molecule has 1 aliphatic carbocycles. The van der Waals surface area contributed by atoms with Gasteiger partial charge in [0.25, 0.3) is 0 Å². The Hall–Kier alpha value is -1.25. The number of hydrogen-bond acceptors (Lipinski definition) is 3. The molecule has 1 heterocycles. The Morgan fingerprint density at radius 2 is 2.44 bits per heavy atom. The average molecular weight is 221 g/mol. The number of allylic oxidation sites excluding steroid dienone is 4. The molecular weight excluding hydrogens is 202 g/mol. The Labute approximate surface area is 96.8 Å². The number of methoxy groups -OCH3 is 1. The molecule has 2 rings (SSSR count). The Kier molecular flexibility index (Phi) is 3.32. The van der Waals surface area contributed by atoms with Crippen LogP contribution in [0, 0.1) is 11.8 Å². The second-order valence-electron chi connectivity index (χ2n) is 4.54. The van der Waals surface area contributed by atoms with Gasteiger partial charge in [-0.3, -0.25) is 4.79 Å². The van der Waals surface area contributed by atoms with E-state index in [4.69, 9.17) is 0 Å². The third-order valence-electron chi connectivity index (χ3n) is 3.58. The predicted molar refractivity (Wildman–Crippen MR) is 62.7 cm³/mol. The molecule has 16 heavy (non-hydrogen) atoms. The van der Waals surface area contributed by atoms with E-state index in [0.29, 0.717) is 18.3 Å². The fourth-order valence-electron chi connectivity index (χ4n) is 2.60. The molecule has 3 heteroatoms. The third-order valence-corrected chi connectivity index (χ3v) is 3.58. The number of rotatable bonds is 3. The number of esters is 1. The lowest BCUT2D eigenvalue weighted by molar-refractivity contribution is -0.140. The molecule has 3 nitrogen and oxygen atoms in total. The van der Waals surface area contributed by atoms with Crippen LogP contribution in [0.25, 0.3) is 0 Å². The van der Waals surface area contributed by atoms with Crippen molar-refractivity contribution in [2.45, 2.75) is 19.8 Å². The Morgan fingerprint density at radius 1 is 1.62 bits per heavy atom. The average Bonchev–Trinajstić information content (AvgIpc) is 2.70. The van der Waals surface area contributed by atoms with Gasteiger partial charge in [-0.15, -0.1) is 0 Å². The maximum atomic E-state index is 11.1. The van der Waals surface area contributed by atoms with Gasteiger partial charge >= 0.3 is 5.97 Å². The summed E-state index contributed by atoms with van der Waals surface area (Å²) in [6.07, 6.45) is 8.27. The summed E-state index contributed by atoms with van der Waals surface area (Å²) in [7, 11) is 1.44. The number of carbonyl (C=O) groups excluding carboxylic acids is 1. The number of fused-ring (bicyclic) bond motifs is 1. The molecule has 0 aromatic rings. The van der Waals surface area contributed by atoms with E-state index in [-0.39, 0.29) is 5.97 Å². The first kappa shape index (κ1) is 11.2. The minimum absolute atomic E-state index is 0.122. The van der Waals surface area contributed by atoms with E-state index in [2.05, 4.69) is 34.8 Å². The van der Waals surface area contributed by atoms with Crippen molar-refractivity contribution in [2.24, 2.45) is 11.8 Å². The number of carbonyl (C=O) groups is 1. The lowest BCUT2D eigenvalue weighted by Crippen LogP contribution is -2.24. The highest BCUT2D eigenvalue weighted by Gasteiger charge is 2.31. The van der Waals surface area contributed by atoms with Crippen molar-refractivity contribution in [3.05, 3.63) is 23.9 Å². The zero-order chi connectivity index (χ0) is 11.5. The molecule has 1 saturated heterocycles. The summed E-state index contributed by atoms with van der Waals surface area (Å²) < 4.78 is 4.67. The monoisotopic (exact) mass is 221 g/mol. The van der Waals surface area contributed by atoms with Crippen LogP contribution < -0.4 is 0 Å². The third kappa shape index (κ3) is 2.13. The second-order valence-corrected chi connectivity index (χ2v) is 4.54. The van der Waals surface area contributed by atoms with E-state index in [9.17, 15) is 4.79 Å². The largest absolute Gasteiger partial charge is 0.469 e. The van der Waals surface area contributed by atoms with E-state index < -0.39 is 0 Å². The lowest BCUT2D eigenvalue weighted by atomic mass is 9.87. The summed E-state index contributed by atoms with van der Waals surface area (Å²) in [5.41, 5.74) is 1.40. The van der Waals surface area contributed by atoms with Crippen molar-refractivity contribution in [1.82, 2.24) is 4.90 Å². The number of likely N-dealkylation sites (tertiary alicyclic amines) is 1. The van der Waals surface area contributed by atoms with Gasteiger partial charge in [-0.05, 0) is 18.4 Å². The van der Waals surface area contributed by atoms with Crippen LogP contribution in [0.1, 0.15) is 19.8 Å². The van der Waals surface area contributed by atoms with Crippen molar-refractivity contribution < 1.29 is 9.53 Å². The van der Waals surface area contributed by atoms with E-state index in [1.807, 2.05) is 0 Å². The molecule has 88 valence electrons. The molecule has 0 aromatic heterocycles. The zero-order valence-corrected chi connectivity index (χ0v) is 9.98. The van der Waals surface area contributed by atoms with E-state index >= 15 is 0 Å². The van der Waals surface area contributed by atoms with Crippen molar-refractivity contribution in [2.75, 3.05) is 20.2 Å². The summed E-state index contributed by atoms with van der Waals surface area (Å²) in [6.45, 7) is 4.12. The van der Waals surface area contributed by atoms with E-state index in [1.54, 1.807) is 0 Å². The van der Waals surface area contributed by atoms with Gasteiger partial charge in [-0.25, -0.2) is 0 Å². The Bertz CT molecular complexity index is 333. The Morgan fingerprint density at radius 3 is 3.19 bits per heavy atom. The van der Waals surface area contributed by atoms with E-state index in [1.165, 1.54) is 19.2 Å². The van der Waals surface area contributed by atoms with Crippen LogP contribution in [-0.2, 0) is 9.53 Å². The van der Waals surface area contributed by atoms with Crippen LogP contribution in [0.3, 0.4) is 0 Å². The number of hydrogen-bond donors (Lipinski definition) is 0. The molecular formula is C13H19NO2. The summed E-state index contributed by atoms with van der Waals surface area (Å²) in [4.78, 5) is 13.4. The molecule has 0 spiro atoms. The van der Waals surface area contributed by atoms with Gasteiger partial charge in [-0.1, -0.05) is 19.1 Å². The minimum atomic E-state index is -0.122. The van der Waals surface area contributed by atoms with Crippen LogP contribution in [0.15, 0.2) is 23.9 Å². The molecule has 1 fully saturated rings. The van der Waals surface area contributed by atoms with Crippen molar-refractivity contribution in [3.8, 4) is 0 Å². The molecule has 1 aliphatic heterocycles. The highest BCUT2D eigenvalue weighted by molar-refractivity contribution is 5.69. The molecule has 0 saturated carbocycles. The van der Waals surface area contributed by atoms with Crippen LogP contribution in [0.5, 0.6) is 0 Å². The van der Waals surface area contributed by atoms with Crippen molar-refractivity contribution in [1.29, 1.82) is 0 Å².